The maximum Gasteiger partial charge on any atom is 0.114 e. The van der Waals surface area contributed by atoms with Gasteiger partial charge in [-0.1, -0.05) is 13.8 Å². The summed E-state index contributed by atoms with van der Waals surface area (Å²) in [5.74, 6) is 0.639. The Morgan fingerprint density at radius 1 is 1.36 bits per heavy atom. The van der Waals surface area contributed by atoms with Crippen LogP contribution < -0.4 is 0 Å². The quantitative estimate of drug-likeness (QED) is 0.596. The van der Waals surface area contributed by atoms with E-state index in [1.807, 2.05) is 0 Å². The highest BCUT2D eigenvalue weighted by atomic mass is 19.1. The third-order valence-corrected chi connectivity index (χ3v) is 2.70. The molecule has 1 heterocycles. The number of nitrogens with zero attached hydrogens (tertiary/aromatic N) is 1. The molecule has 11 heavy (non-hydrogen) atoms. The van der Waals surface area contributed by atoms with Gasteiger partial charge in [0, 0.05) is 19.1 Å². The van der Waals surface area contributed by atoms with Crippen LogP contribution in [0.1, 0.15) is 27.2 Å². The van der Waals surface area contributed by atoms with Crippen molar-refractivity contribution in [3.8, 4) is 0 Å². The van der Waals surface area contributed by atoms with E-state index in [2.05, 4.69) is 25.7 Å². The number of likely N-dealkylation sites (tertiary alicyclic amines) is 1. The second-order valence-corrected chi connectivity index (χ2v) is 3.87. The highest BCUT2D eigenvalue weighted by molar-refractivity contribution is 4.80. The molecule has 0 radical (unpaired) electrons. The van der Waals surface area contributed by atoms with Gasteiger partial charge in [0.2, 0.25) is 0 Å². The third-order valence-electron chi connectivity index (χ3n) is 2.70. The van der Waals surface area contributed by atoms with Crippen LogP contribution in [0.15, 0.2) is 0 Å². The summed E-state index contributed by atoms with van der Waals surface area (Å²) in [6, 6.07) is 0.538. The molecule has 0 aromatic rings. The van der Waals surface area contributed by atoms with Crippen molar-refractivity contribution in [1.82, 2.24) is 4.90 Å². The molecule has 1 saturated heterocycles. The lowest BCUT2D eigenvalue weighted by atomic mass is 10.1. The fourth-order valence-electron chi connectivity index (χ4n) is 1.53. The lowest BCUT2D eigenvalue weighted by molar-refractivity contribution is 0.192. The third kappa shape index (κ3) is 2.16. The molecule has 0 aliphatic carbocycles. The van der Waals surface area contributed by atoms with Gasteiger partial charge in [-0.15, -0.1) is 0 Å². The molecule has 66 valence electrons. The van der Waals surface area contributed by atoms with Crippen LogP contribution in [-0.2, 0) is 0 Å². The Morgan fingerprint density at radius 2 is 2.00 bits per heavy atom. The Bertz CT molecular complexity index is 125. The Morgan fingerprint density at radius 3 is 2.36 bits per heavy atom. The van der Waals surface area contributed by atoms with Crippen molar-refractivity contribution in [2.45, 2.75) is 39.4 Å². The van der Waals surface area contributed by atoms with Gasteiger partial charge in [-0.25, -0.2) is 4.39 Å². The SMILES string of the molecule is CC(C)[C@H](C)N1CC[C@@H](F)C1. The van der Waals surface area contributed by atoms with Crippen LogP contribution >= 0.6 is 0 Å². The first kappa shape index (κ1) is 8.98. The van der Waals surface area contributed by atoms with E-state index in [9.17, 15) is 4.39 Å². The van der Waals surface area contributed by atoms with Crippen molar-refractivity contribution < 1.29 is 4.39 Å². The predicted octanol–water partition coefficient (Wildman–Crippen LogP) is 2.07. The van der Waals surface area contributed by atoms with Crippen LogP contribution in [0.5, 0.6) is 0 Å². The number of rotatable bonds is 2. The summed E-state index contributed by atoms with van der Waals surface area (Å²) in [5.41, 5.74) is 0. The van der Waals surface area contributed by atoms with E-state index in [4.69, 9.17) is 0 Å². The number of alkyl halides is 1. The molecular formula is C9H18FN. The number of hydrogen-bond donors (Lipinski definition) is 0. The molecule has 1 nitrogen and oxygen atoms in total. The van der Waals surface area contributed by atoms with Gasteiger partial charge in [0.15, 0.2) is 0 Å². The lowest BCUT2D eigenvalue weighted by Gasteiger charge is -2.26. The van der Waals surface area contributed by atoms with Crippen LogP contribution in [0, 0.1) is 5.92 Å². The molecule has 0 spiro atoms. The zero-order valence-corrected chi connectivity index (χ0v) is 7.68. The van der Waals surface area contributed by atoms with Crippen molar-refractivity contribution in [3.63, 3.8) is 0 Å². The molecule has 0 saturated carbocycles. The largest absolute Gasteiger partial charge is 0.297 e. The second-order valence-electron chi connectivity index (χ2n) is 3.87. The van der Waals surface area contributed by atoms with Gasteiger partial charge in [-0.05, 0) is 19.3 Å². The van der Waals surface area contributed by atoms with Crippen LogP contribution in [0.2, 0.25) is 0 Å². The maximum absolute atomic E-state index is 12.8. The van der Waals surface area contributed by atoms with Crippen molar-refractivity contribution in [2.75, 3.05) is 13.1 Å². The summed E-state index contributed by atoms with van der Waals surface area (Å²) in [5, 5.41) is 0. The highest BCUT2D eigenvalue weighted by Gasteiger charge is 2.26. The van der Waals surface area contributed by atoms with E-state index in [0.29, 0.717) is 18.5 Å². The van der Waals surface area contributed by atoms with Crippen LogP contribution in [-0.4, -0.2) is 30.2 Å². The molecule has 0 amide bonds. The van der Waals surface area contributed by atoms with Crippen LogP contribution in [0.25, 0.3) is 0 Å². The minimum Gasteiger partial charge on any atom is -0.297 e. The Balaban J connectivity index is 2.36. The molecule has 0 aromatic heterocycles. The smallest absolute Gasteiger partial charge is 0.114 e. The summed E-state index contributed by atoms with van der Waals surface area (Å²) in [4.78, 5) is 2.25. The average Bonchev–Trinajstić information content (AvgIpc) is 2.34. The molecule has 0 unspecified atom stereocenters. The Kier molecular flexibility index (Phi) is 2.88. The first-order valence-corrected chi connectivity index (χ1v) is 4.49. The molecule has 0 bridgehead atoms. The number of hydrogen-bond acceptors (Lipinski definition) is 1. The molecular weight excluding hydrogens is 141 g/mol. The Labute approximate surface area is 68.6 Å². The first-order chi connectivity index (χ1) is 5.11. The summed E-state index contributed by atoms with van der Waals surface area (Å²) < 4.78 is 12.8. The van der Waals surface area contributed by atoms with Gasteiger partial charge in [0.25, 0.3) is 0 Å². The summed E-state index contributed by atoms with van der Waals surface area (Å²) in [6.07, 6.45) is 0.160. The van der Waals surface area contributed by atoms with Crippen molar-refractivity contribution in [3.05, 3.63) is 0 Å². The number of halogens is 1. The van der Waals surface area contributed by atoms with E-state index < -0.39 is 6.17 Å². The fraction of sp³-hybridized carbons (Fsp3) is 1.00. The molecule has 0 N–H and O–H groups in total. The van der Waals surface area contributed by atoms with Gasteiger partial charge in [0.1, 0.15) is 6.17 Å². The van der Waals surface area contributed by atoms with Crippen molar-refractivity contribution in [1.29, 1.82) is 0 Å². The summed E-state index contributed by atoms with van der Waals surface area (Å²) in [7, 11) is 0. The monoisotopic (exact) mass is 159 g/mol. The van der Waals surface area contributed by atoms with Crippen molar-refractivity contribution >= 4 is 0 Å². The van der Waals surface area contributed by atoms with Crippen LogP contribution in [0.4, 0.5) is 4.39 Å². The van der Waals surface area contributed by atoms with Gasteiger partial charge in [0.05, 0.1) is 0 Å². The predicted molar refractivity (Wildman–Crippen MR) is 45.4 cm³/mol. The summed E-state index contributed by atoms with van der Waals surface area (Å²) in [6.45, 7) is 8.16. The molecule has 2 atom stereocenters. The summed E-state index contributed by atoms with van der Waals surface area (Å²) >= 11 is 0. The standard InChI is InChI=1S/C9H18FN/c1-7(2)8(3)11-5-4-9(10)6-11/h7-9H,4-6H2,1-3H3/t8-,9+/m0/s1. The fourth-order valence-corrected chi connectivity index (χ4v) is 1.53. The molecule has 1 fully saturated rings. The minimum absolute atomic E-state index is 0.538. The van der Waals surface area contributed by atoms with E-state index in [-0.39, 0.29) is 0 Å². The average molecular weight is 159 g/mol. The minimum atomic E-state index is -0.573. The molecule has 1 aliphatic heterocycles. The first-order valence-electron chi connectivity index (χ1n) is 4.49. The van der Waals surface area contributed by atoms with E-state index in [1.54, 1.807) is 0 Å². The topological polar surface area (TPSA) is 3.24 Å². The Hall–Kier alpha value is -0.110. The van der Waals surface area contributed by atoms with E-state index in [0.717, 1.165) is 13.0 Å². The van der Waals surface area contributed by atoms with Gasteiger partial charge >= 0.3 is 0 Å². The molecule has 1 aliphatic rings. The zero-order valence-electron chi connectivity index (χ0n) is 7.68. The van der Waals surface area contributed by atoms with Gasteiger partial charge in [-0.3, -0.25) is 4.90 Å². The maximum atomic E-state index is 12.8. The van der Waals surface area contributed by atoms with Crippen LogP contribution in [0.3, 0.4) is 0 Å². The van der Waals surface area contributed by atoms with Gasteiger partial charge < -0.3 is 0 Å². The van der Waals surface area contributed by atoms with E-state index >= 15 is 0 Å². The zero-order chi connectivity index (χ0) is 8.43. The van der Waals surface area contributed by atoms with Crippen molar-refractivity contribution in [2.24, 2.45) is 5.92 Å². The van der Waals surface area contributed by atoms with E-state index in [1.165, 1.54) is 0 Å². The second kappa shape index (κ2) is 3.53. The highest BCUT2D eigenvalue weighted by Crippen LogP contribution is 2.18. The molecule has 1 rings (SSSR count). The van der Waals surface area contributed by atoms with Gasteiger partial charge in [-0.2, -0.15) is 0 Å². The normalized spacial score (nSPS) is 29.7. The molecule has 0 aromatic carbocycles. The molecule has 2 heteroatoms. The lowest BCUT2D eigenvalue weighted by Crippen LogP contribution is -2.34.